The van der Waals surface area contributed by atoms with Crippen LogP contribution in [0.3, 0.4) is 0 Å². The van der Waals surface area contributed by atoms with E-state index >= 15 is 0 Å². The van der Waals surface area contributed by atoms with E-state index in [1.807, 2.05) is 48.5 Å². The van der Waals surface area contributed by atoms with Gasteiger partial charge in [-0.2, -0.15) is 0 Å². The van der Waals surface area contributed by atoms with Crippen LogP contribution in [-0.2, 0) is 4.74 Å². The summed E-state index contributed by atoms with van der Waals surface area (Å²) in [4.78, 5) is 35.8. The van der Waals surface area contributed by atoms with E-state index in [0.717, 1.165) is 22.3 Å². The van der Waals surface area contributed by atoms with Gasteiger partial charge in [-0.3, -0.25) is 4.79 Å². The quantitative estimate of drug-likeness (QED) is 0.379. The number of carboxylic acids is 1. The molecule has 0 saturated heterocycles. The maximum Gasteiger partial charge on any atom is 0.407 e. The monoisotopic (exact) mass is 450 g/mol. The zero-order chi connectivity index (χ0) is 22.8. The predicted octanol–water partition coefficient (Wildman–Crippen LogP) is 4.34. The molecular weight excluding hydrogens is 432 g/mol. The standard InChI is InChI=1S/C24H19ClN2O5/c25-21-17(9-10-18(22(21)26)23(29)30)20(28)11-27-24(31)32-12-19-15-7-3-1-5-13(15)14-6-2-4-8-16(14)19/h1-10,19H,11-12,26H2,(H,27,31)(H,29,30). The molecule has 0 aromatic heterocycles. The Labute approximate surface area is 188 Å². The molecule has 0 bridgehead atoms. The molecule has 0 fully saturated rings. The van der Waals surface area contributed by atoms with Crippen LogP contribution in [0.25, 0.3) is 11.1 Å². The van der Waals surface area contributed by atoms with E-state index < -0.39 is 17.8 Å². The molecule has 0 heterocycles. The number of alkyl carbamates (subject to hydrolysis) is 1. The summed E-state index contributed by atoms with van der Waals surface area (Å²) >= 11 is 6.04. The second-order valence-corrected chi connectivity index (χ2v) is 7.67. The smallest absolute Gasteiger partial charge is 0.407 e. The first-order chi connectivity index (χ1) is 15.4. The molecule has 0 aliphatic heterocycles. The molecule has 0 saturated carbocycles. The number of carbonyl (C=O) groups excluding carboxylic acids is 2. The summed E-state index contributed by atoms with van der Waals surface area (Å²) in [5.41, 5.74) is 9.71. The first-order valence-electron chi connectivity index (χ1n) is 9.81. The van der Waals surface area contributed by atoms with Crippen molar-refractivity contribution in [2.45, 2.75) is 5.92 Å². The molecule has 0 unspecified atom stereocenters. The minimum absolute atomic E-state index is 0.0214. The number of carboxylic acid groups (broad SMARTS) is 1. The van der Waals surface area contributed by atoms with Gasteiger partial charge < -0.3 is 20.9 Å². The first kappa shape index (κ1) is 21.4. The molecule has 1 amide bonds. The Morgan fingerprint density at radius 2 is 1.50 bits per heavy atom. The van der Waals surface area contributed by atoms with Crippen molar-refractivity contribution >= 4 is 35.1 Å². The second kappa shape index (κ2) is 8.72. The summed E-state index contributed by atoms with van der Waals surface area (Å²) in [7, 11) is 0. The summed E-state index contributed by atoms with van der Waals surface area (Å²) in [5, 5.41) is 11.3. The van der Waals surface area contributed by atoms with Gasteiger partial charge in [0.2, 0.25) is 0 Å². The second-order valence-electron chi connectivity index (χ2n) is 7.30. The van der Waals surface area contributed by atoms with Crippen LogP contribution in [0, 0.1) is 0 Å². The molecule has 4 rings (SSSR count). The minimum Gasteiger partial charge on any atom is -0.478 e. The molecule has 162 valence electrons. The van der Waals surface area contributed by atoms with Crippen LogP contribution in [0.5, 0.6) is 0 Å². The molecule has 1 aliphatic rings. The third-order valence-corrected chi connectivity index (χ3v) is 5.85. The Bertz CT molecular complexity index is 1200. The topological polar surface area (TPSA) is 119 Å². The number of ether oxygens (including phenoxy) is 1. The molecular formula is C24H19ClN2O5. The highest BCUT2D eigenvalue weighted by Gasteiger charge is 2.29. The minimum atomic E-state index is -1.25. The van der Waals surface area contributed by atoms with E-state index in [4.69, 9.17) is 27.2 Å². The lowest BCUT2D eigenvalue weighted by Crippen LogP contribution is -2.31. The van der Waals surface area contributed by atoms with Gasteiger partial charge in [-0.15, -0.1) is 0 Å². The number of halogens is 1. The Hall–Kier alpha value is -3.84. The number of amides is 1. The number of fused-ring (bicyclic) bond motifs is 3. The largest absolute Gasteiger partial charge is 0.478 e. The number of aromatic carboxylic acids is 1. The maximum absolute atomic E-state index is 12.4. The lowest BCUT2D eigenvalue weighted by Gasteiger charge is -2.14. The van der Waals surface area contributed by atoms with Crippen molar-refractivity contribution in [3.05, 3.63) is 87.9 Å². The Kier molecular flexibility index (Phi) is 5.83. The van der Waals surface area contributed by atoms with Crippen molar-refractivity contribution in [3.8, 4) is 11.1 Å². The summed E-state index contributed by atoms with van der Waals surface area (Å²) in [6, 6.07) is 18.4. The van der Waals surface area contributed by atoms with E-state index in [9.17, 15) is 14.4 Å². The number of nitrogens with two attached hydrogens (primary N) is 1. The van der Waals surface area contributed by atoms with Gasteiger partial charge in [-0.1, -0.05) is 60.1 Å². The number of nitrogens with one attached hydrogen (secondary N) is 1. The van der Waals surface area contributed by atoms with Crippen LogP contribution in [0.2, 0.25) is 5.02 Å². The highest BCUT2D eigenvalue weighted by molar-refractivity contribution is 6.37. The third kappa shape index (κ3) is 3.90. The lowest BCUT2D eigenvalue weighted by molar-refractivity contribution is 0.0697. The molecule has 3 aromatic carbocycles. The number of hydrogen-bond acceptors (Lipinski definition) is 5. The van der Waals surface area contributed by atoms with Gasteiger partial charge in [-0.25, -0.2) is 9.59 Å². The average Bonchev–Trinajstić information content (AvgIpc) is 3.11. The van der Waals surface area contributed by atoms with E-state index in [1.165, 1.54) is 12.1 Å². The summed E-state index contributed by atoms with van der Waals surface area (Å²) in [6.45, 7) is -0.253. The average molecular weight is 451 g/mol. The molecule has 3 aromatic rings. The zero-order valence-corrected chi connectivity index (χ0v) is 17.6. The van der Waals surface area contributed by atoms with Gasteiger partial charge in [0.1, 0.15) is 6.61 Å². The SMILES string of the molecule is Nc1c(C(=O)O)ccc(C(=O)CNC(=O)OCC2c3ccccc3-c3ccccc32)c1Cl. The number of nitrogen functional groups attached to an aromatic ring is 1. The fourth-order valence-electron chi connectivity index (χ4n) is 3.89. The summed E-state index contributed by atoms with van der Waals surface area (Å²) in [5.74, 6) is -1.87. The Balaban J connectivity index is 1.39. The van der Waals surface area contributed by atoms with E-state index in [1.54, 1.807) is 0 Å². The van der Waals surface area contributed by atoms with Gasteiger partial charge in [0, 0.05) is 11.5 Å². The number of carbonyl (C=O) groups is 3. The Morgan fingerprint density at radius 1 is 0.938 bits per heavy atom. The van der Waals surface area contributed by atoms with Gasteiger partial charge in [0.25, 0.3) is 0 Å². The van der Waals surface area contributed by atoms with E-state index in [-0.39, 0.29) is 40.9 Å². The number of rotatable bonds is 6. The summed E-state index contributed by atoms with van der Waals surface area (Å²) < 4.78 is 5.39. The van der Waals surface area contributed by atoms with E-state index in [0.29, 0.717) is 0 Å². The lowest BCUT2D eigenvalue weighted by atomic mass is 9.98. The van der Waals surface area contributed by atoms with Crippen LogP contribution in [0.1, 0.15) is 37.8 Å². The molecule has 4 N–H and O–H groups in total. The van der Waals surface area contributed by atoms with Crippen molar-refractivity contribution in [2.75, 3.05) is 18.9 Å². The van der Waals surface area contributed by atoms with Crippen LogP contribution >= 0.6 is 11.6 Å². The molecule has 0 spiro atoms. The molecule has 1 aliphatic carbocycles. The molecule has 7 nitrogen and oxygen atoms in total. The molecule has 8 heteroatoms. The zero-order valence-electron chi connectivity index (χ0n) is 16.8. The summed E-state index contributed by atoms with van der Waals surface area (Å²) in [6.07, 6.45) is -0.744. The molecule has 32 heavy (non-hydrogen) atoms. The Morgan fingerprint density at radius 3 is 2.09 bits per heavy atom. The van der Waals surface area contributed by atoms with E-state index in [2.05, 4.69) is 5.32 Å². The van der Waals surface area contributed by atoms with Gasteiger partial charge in [0.15, 0.2) is 5.78 Å². The molecule has 0 atom stereocenters. The van der Waals surface area contributed by atoms with Crippen LogP contribution in [0.15, 0.2) is 60.7 Å². The van der Waals surface area contributed by atoms with Crippen LogP contribution in [0.4, 0.5) is 10.5 Å². The number of ketones is 1. The first-order valence-corrected chi connectivity index (χ1v) is 10.2. The highest BCUT2D eigenvalue weighted by atomic mass is 35.5. The van der Waals surface area contributed by atoms with Crippen molar-refractivity contribution in [3.63, 3.8) is 0 Å². The van der Waals surface area contributed by atoms with Gasteiger partial charge in [-0.05, 0) is 34.4 Å². The van der Waals surface area contributed by atoms with Crippen molar-refractivity contribution in [1.82, 2.24) is 5.32 Å². The number of benzene rings is 3. The van der Waals surface area contributed by atoms with Crippen LogP contribution < -0.4 is 11.1 Å². The number of hydrogen-bond donors (Lipinski definition) is 3. The molecule has 0 radical (unpaired) electrons. The number of anilines is 1. The normalized spacial score (nSPS) is 12.0. The van der Waals surface area contributed by atoms with Crippen molar-refractivity contribution in [2.24, 2.45) is 0 Å². The fourth-order valence-corrected chi connectivity index (χ4v) is 4.16. The van der Waals surface area contributed by atoms with Gasteiger partial charge in [0.05, 0.1) is 22.8 Å². The number of Topliss-reactive ketones (excluding diaryl/α,β-unsaturated/α-hetero) is 1. The van der Waals surface area contributed by atoms with Crippen LogP contribution in [-0.4, -0.2) is 36.1 Å². The van der Waals surface area contributed by atoms with Gasteiger partial charge >= 0.3 is 12.1 Å². The fraction of sp³-hybridized carbons (Fsp3) is 0.125. The predicted molar refractivity (Wildman–Crippen MR) is 120 cm³/mol. The van der Waals surface area contributed by atoms with Crippen molar-refractivity contribution in [1.29, 1.82) is 0 Å². The highest BCUT2D eigenvalue weighted by Crippen LogP contribution is 2.44. The maximum atomic E-state index is 12.4. The third-order valence-electron chi connectivity index (χ3n) is 5.45. The van der Waals surface area contributed by atoms with Crippen molar-refractivity contribution < 1.29 is 24.2 Å².